The fraction of sp³-hybridized carbons (Fsp3) is 0.619. The number of fused-ring (bicyclic) bond motifs is 1. The molecule has 2 fully saturated rings. The van der Waals surface area contributed by atoms with Crippen molar-refractivity contribution in [3.8, 4) is 0 Å². The van der Waals surface area contributed by atoms with E-state index in [2.05, 4.69) is 20.3 Å². The second-order valence-electron chi connectivity index (χ2n) is 8.79. The first-order valence-electron chi connectivity index (χ1n) is 11.2. The lowest BCUT2D eigenvalue weighted by Gasteiger charge is -2.20. The number of alkyl halides is 2. The third kappa shape index (κ3) is 5.91. The fourth-order valence-corrected chi connectivity index (χ4v) is 7.12. The van der Waals surface area contributed by atoms with Gasteiger partial charge in [-0.2, -0.15) is 4.31 Å². The summed E-state index contributed by atoms with van der Waals surface area (Å²) in [6.45, 7) is 1.19. The minimum Gasteiger partial charge on any atom is -0.383 e. The van der Waals surface area contributed by atoms with Gasteiger partial charge in [0.2, 0.25) is 10.0 Å². The number of halogens is 3. The zero-order valence-corrected chi connectivity index (χ0v) is 22.0. The van der Waals surface area contributed by atoms with E-state index in [9.17, 15) is 12.8 Å². The predicted molar refractivity (Wildman–Crippen MR) is 137 cm³/mol. The van der Waals surface area contributed by atoms with Crippen LogP contribution in [0.15, 0.2) is 27.8 Å². The highest BCUT2D eigenvalue weighted by atomic mass is 127. The van der Waals surface area contributed by atoms with E-state index in [4.69, 9.17) is 17.3 Å². The van der Waals surface area contributed by atoms with Crippen molar-refractivity contribution in [2.75, 3.05) is 29.8 Å². The maximum absolute atomic E-state index is 14.7. The van der Waals surface area contributed by atoms with Crippen LogP contribution in [-0.2, 0) is 10.0 Å². The largest absolute Gasteiger partial charge is 0.383 e. The van der Waals surface area contributed by atoms with Crippen molar-refractivity contribution in [2.24, 2.45) is 21.6 Å². The Kier molecular flexibility index (Phi) is 8.02. The van der Waals surface area contributed by atoms with Crippen LogP contribution in [0.3, 0.4) is 0 Å². The second-order valence-corrected chi connectivity index (χ2v) is 12.1. The molecule has 2 aliphatic heterocycles. The summed E-state index contributed by atoms with van der Waals surface area (Å²) in [5, 5.41) is 3.61. The number of allylic oxidation sites excluding steroid dienone is 1. The van der Waals surface area contributed by atoms with E-state index >= 15 is 0 Å². The number of sulfonamides is 1. The SMILES string of the molecule is N/C(=N\C(N[C@@H]1CCN(S(=O)(=O)CC2CCCC2)C1)=C(\F)CI)c1c[nH]c2c1=CC(Cl)CN=2. The minimum atomic E-state index is -3.32. The molecule has 0 amide bonds. The Morgan fingerprint density at radius 1 is 1.39 bits per heavy atom. The van der Waals surface area contributed by atoms with Gasteiger partial charge in [0, 0.05) is 36.1 Å². The summed E-state index contributed by atoms with van der Waals surface area (Å²) >= 11 is 8.12. The Morgan fingerprint density at radius 3 is 2.88 bits per heavy atom. The molecule has 3 aliphatic rings. The highest BCUT2D eigenvalue weighted by Gasteiger charge is 2.34. The number of nitrogens with two attached hydrogens (primary N) is 1. The number of hydrogen-bond acceptors (Lipinski definition) is 5. The lowest BCUT2D eigenvalue weighted by molar-refractivity contribution is 0.451. The first kappa shape index (κ1) is 24.9. The molecule has 1 aromatic heterocycles. The maximum atomic E-state index is 14.7. The number of amidine groups is 1. The molecule has 182 valence electrons. The molecule has 0 spiro atoms. The predicted octanol–water partition coefficient (Wildman–Crippen LogP) is 1.50. The average molecular weight is 611 g/mol. The van der Waals surface area contributed by atoms with Crippen molar-refractivity contribution >= 4 is 56.1 Å². The zero-order chi connectivity index (χ0) is 23.6. The summed E-state index contributed by atoms with van der Waals surface area (Å²) in [5.41, 5.74) is 7.52. The van der Waals surface area contributed by atoms with Gasteiger partial charge in [-0.1, -0.05) is 41.5 Å². The second kappa shape index (κ2) is 10.6. The molecular weight excluding hydrogens is 582 g/mol. The van der Waals surface area contributed by atoms with E-state index in [1.165, 1.54) is 4.31 Å². The summed E-state index contributed by atoms with van der Waals surface area (Å²) in [6, 6.07) is -0.238. The number of aromatic amines is 1. The van der Waals surface area contributed by atoms with Gasteiger partial charge >= 0.3 is 0 Å². The van der Waals surface area contributed by atoms with E-state index in [1.54, 1.807) is 6.20 Å². The van der Waals surface area contributed by atoms with Crippen LogP contribution in [0.25, 0.3) is 6.08 Å². The number of nitrogens with one attached hydrogen (secondary N) is 2. The van der Waals surface area contributed by atoms with E-state index in [0.717, 1.165) is 30.9 Å². The number of nitrogens with zero attached hydrogens (tertiary/aromatic N) is 3. The Labute approximate surface area is 211 Å². The third-order valence-electron chi connectivity index (χ3n) is 6.36. The zero-order valence-electron chi connectivity index (χ0n) is 18.2. The van der Waals surface area contributed by atoms with Gasteiger partial charge in [0.1, 0.15) is 11.3 Å². The number of aliphatic imine (C=N–C) groups is 1. The van der Waals surface area contributed by atoms with Gasteiger partial charge in [0.15, 0.2) is 11.6 Å². The lowest BCUT2D eigenvalue weighted by Crippen LogP contribution is -2.38. The molecule has 1 unspecified atom stereocenters. The number of hydrogen-bond donors (Lipinski definition) is 3. The molecule has 8 nitrogen and oxygen atoms in total. The third-order valence-corrected chi connectivity index (χ3v) is 9.30. The Morgan fingerprint density at radius 2 is 2.15 bits per heavy atom. The quantitative estimate of drug-likeness (QED) is 0.179. The van der Waals surface area contributed by atoms with Crippen LogP contribution >= 0.6 is 34.2 Å². The molecule has 1 aromatic rings. The molecule has 33 heavy (non-hydrogen) atoms. The maximum Gasteiger partial charge on any atom is 0.214 e. The van der Waals surface area contributed by atoms with Gasteiger partial charge < -0.3 is 16.0 Å². The molecule has 4 rings (SSSR count). The van der Waals surface area contributed by atoms with Crippen LogP contribution in [0.5, 0.6) is 0 Å². The molecule has 3 heterocycles. The van der Waals surface area contributed by atoms with E-state index in [-0.39, 0.29) is 39.2 Å². The van der Waals surface area contributed by atoms with Crippen molar-refractivity contribution in [3.05, 3.63) is 34.1 Å². The lowest BCUT2D eigenvalue weighted by atomic mass is 10.1. The average Bonchev–Trinajstić information content (AvgIpc) is 3.53. The van der Waals surface area contributed by atoms with Crippen LogP contribution in [0.1, 0.15) is 37.7 Å². The van der Waals surface area contributed by atoms with Crippen LogP contribution < -0.4 is 21.8 Å². The van der Waals surface area contributed by atoms with Crippen LogP contribution in [0.2, 0.25) is 0 Å². The van der Waals surface area contributed by atoms with E-state index in [0.29, 0.717) is 37.1 Å². The van der Waals surface area contributed by atoms with Gasteiger partial charge in [-0.25, -0.2) is 17.8 Å². The molecule has 0 radical (unpaired) electrons. The molecule has 0 bridgehead atoms. The molecule has 4 N–H and O–H groups in total. The molecule has 0 aromatic carbocycles. The van der Waals surface area contributed by atoms with Crippen molar-refractivity contribution in [1.82, 2.24) is 14.6 Å². The van der Waals surface area contributed by atoms with Gasteiger partial charge in [-0.05, 0) is 25.2 Å². The monoisotopic (exact) mass is 610 g/mol. The first-order chi connectivity index (χ1) is 15.8. The van der Waals surface area contributed by atoms with Crippen molar-refractivity contribution < 1.29 is 12.8 Å². The Bertz CT molecular complexity index is 1160. The van der Waals surface area contributed by atoms with Crippen LogP contribution in [0, 0.1) is 5.92 Å². The number of H-pyrrole nitrogens is 1. The van der Waals surface area contributed by atoms with Gasteiger partial charge in [-0.15, -0.1) is 11.6 Å². The molecule has 12 heteroatoms. The van der Waals surface area contributed by atoms with Gasteiger partial charge in [-0.3, -0.25) is 4.99 Å². The Hall–Kier alpha value is -1.18. The molecule has 1 saturated carbocycles. The Balaban J connectivity index is 1.49. The van der Waals surface area contributed by atoms with Gasteiger partial charge in [0.25, 0.3) is 0 Å². The highest BCUT2D eigenvalue weighted by Crippen LogP contribution is 2.28. The number of aromatic nitrogens is 1. The molecule has 1 aliphatic carbocycles. The van der Waals surface area contributed by atoms with Crippen LogP contribution in [0.4, 0.5) is 4.39 Å². The molecule has 1 saturated heterocycles. The normalized spacial score (nSPS) is 25.4. The van der Waals surface area contributed by atoms with Crippen LogP contribution in [-0.4, -0.2) is 64.8 Å². The topological polar surface area (TPSA) is 116 Å². The summed E-state index contributed by atoms with van der Waals surface area (Å²) in [4.78, 5) is 11.8. The minimum absolute atomic E-state index is 0.0343. The fourth-order valence-electron chi connectivity index (χ4n) is 4.63. The van der Waals surface area contributed by atoms with Crippen molar-refractivity contribution in [1.29, 1.82) is 0 Å². The summed E-state index contributed by atoms with van der Waals surface area (Å²) in [5.74, 6) is 0.181. The van der Waals surface area contributed by atoms with Crippen molar-refractivity contribution in [2.45, 2.75) is 43.5 Å². The first-order valence-corrected chi connectivity index (χ1v) is 14.7. The smallest absolute Gasteiger partial charge is 0.214 e. The van der Waals surface area contributed by atoms with Gasteiger partial charge in [0.05, 0.1) is 22.1 Å². The number of rotatable bonds is 8. The summed E-state index contributed by atoms with van der Waals surface area (Å²) in [7, 11) is -3.32. The standard InChI is InChI=1S/C21H29ClFIN6O2S/c22-14-7-16-17(10-27-20(16)26-9-14)19(25)29-21(18(23)8-24)28-15-5-6-30(11-15)33(31,32)12-13-3-1-2-4-13/h7,10,13-15,28H,1-6,8-9,11-12H2,(H2,25,29)(H,26,27)/b21-18+/t14?,15-/m1/s1. The van der Waals surface area contributed by atoms with E-state index < -0.39 is 15.9 Å². The molecular formula is C21H29ClFIN6O2S. The van der Waals surface area contributed by atoms with Crippen molar-refractivity contribution in [3.63, 3.8) is 0 Å². The summed E-state index contributed by atoms with van der Waals surface area (Å²) in [6.07, 6.45) is 8.30. The van der Waals surface area contributed by atoms with E-state index in [1.807, 2.05) is 28.7 Å². The summed E-state index contributed by atoms with van der Waals surface area (Å²) < 4.78 is 42.0. The highest BCUT2D eigenvalue weighted by molar-refractivity contribution is 14.1. The molecule has 2 atom stereocenters.